The molecular formula is C15H12F3NO2. The van der Waals surface area contributed by atoms with E-state index in [0.717, 1.165) is 12.1 Å². The zero-order valence-corrected chi connectivity index (χ0v) is 11.1. The quantitative estimate of drug-likeness (QED) is 0.930. The molecular weight excluding hydrogens is 283 g/mol. The standard InChI is InChI=1S/C15H12F3NO2/c1-21-13-8-10(7-11(9-13)15(16,17)18)14(20)19-12-5-3-2-4-6-12/h2-9H,1H3,(H,19,20). The van der Waals surface area contributed by atoms with Crippen LogP contribution in [-0.4, -0.2) is 13.0 Å². The molecule has 0 saturated heterocycles. The molecule has 2 aromatic carbocycles. The predicted octanol–water partition coefficient (Wildman–Crippen LogP) is 3.97. The number of ether oxygens (including phenoxy) is 1. The molecule has 0 saturated carbocycles. The van der Waals surface area contributed by atoms with Crippen molar-refractivity contribution < 1.29 is 22.7 Å². The highest BCUT2D eigenvalue weighted by molar-refractivity contribution is 6.04. The van der Waals surface area contributed by atoms with Gasteiger partial charge in [-0.2, -0.15) is 13.2 Å². The number of methoxy groups -OCH3 is 1. The Hall–Kier alpha value is -2.50. The van der Waals surface area contributed by atoms with Crippen molar-refractivity contribution in [1.82, 2.24) is 0 Å². The molecule has 0 unspecified atom stereocenters. The zero-order valence-electron chi connectivity index (χ0n) is 11.1. The highest BCUT2D eigenvalue weighted by Gasteiger charge is 2.32. The molecule has 0 spiro atoms. The van der Waals surface area contributed by atoms with Crippen molar-refractivity contribution in [2.45, 2.75) is 6.18 Å². The lowest BCUT2D eigenvalue weighted by Crippen LogP contribution is -2.14. The molecule has 0 bridgehead atoms. The summed E-state index contributed by atoms with van der Waals surface area (Å²) in [4.78, 5) is 12.0. The van der Waals surface area contributed by atoms with Crippen LogP contribution in [0.1, 0.15) is 15.9 Å². The molecule has 0 aliphatic rings. The molecule has 21 heavy (non-hydrogen) atoms. The number of rotatable bonds is 3. The van der Waals surface area contributed by atoms with Crippen molar-refractivity contribution >= 4 is 11.6 Å². The second-order valence-electron chi connectivity index (χ2n) is 4.27. The molecule has 1 amide bonds. The van der Waals surface area contributed by atoms with Gasteiger partial charge in [-0.1, -0.05) is 18.2 Å². The van der Waals surface area contributed by atoms with Gasteiger partial charge in [0.15, 0.2) is 0 Å². The van der Waals surface area contributed by atoms with E-state index in [9.17, 15) is 18.0 Å². The van der Waals surface area contributed by atoms with Gasteiger partial charge >= 0.3 is 6.18 Å². The molecule has 110 valence electrons. The fourth-order valence-corrected chi connectivity index (χ4v) is 1.74. The number of carbonyl (C=O) groups excluding carboxylic acids is 1. The molecule has 3 nitrogen and oxygen atoms in total. The monoisotopic (exact) mass is 295 g/mol. The van der Waals surface area contributed by atoms with Crippen molar-refractivity contribution in [1.29, 1.82) is 0 Å². The first-order chi connectivity index (χ1) is 9.90. The molecule has 6 heteroatoms. The number of carbonyl (C=O) groups is 1. The zero-order chi connectivity index (χ0) is 15.5. The third-order valence-corrected chi connectivity index (χ3v) is 2.76. The molecule has 0 atom stereocenters. The minimum Gasteiger partial charge on any atom is -0.497 e. The highest BCUT2D eigenvalue weighted by Crippen LogP contribution is 2.32. The van der Waals surface area contributed by atoms with Crippen LogP contribution in [0.3, 0.4) is 0 Å². The maximum Gasteiger partial charge on any atom is 0.416 e. The van der Waals surface area contributed by atoms with E-state index in [1.807, 2.05) is 0 Å². The molecule has 0 fully saturated rings. The minimum absolute atomic E-state index is 0.0250. The van der Waals surface area contributed by atoms with E-state index in [1.54, 1.807) is 30.3 Å². The second-order valence-corrected chi connectivity index (χ2v) is 4.27. The fourth-order valence-electron chi connectivity index (χ4n) is 1.74. The van der Waals surface area contributed by atoms with Crippen LogP contribution in [0.4, 0.5) is 18.9 Å². The molecule has 1 N–H and O–H groups in total. The maximum atomic E-state index is 12.8. The van der Waals surface area contributed by atoms with Crippen LogP contribution in [0.5, 0.6) is 5.75 Å². The number of hydrogen-bond donors (Lipinski definition) is 1. The van der Waals surface area contributed by atoms with Crippen molar-refractivity contribution in [3.05, 3.63) is 59.7 Å². The van der Waals surface area contributed by atoms with Gasteiger partial charge in [-0.05, 0) is 30.3 Å². The largest absolute Gasteiger partial charge is 0.497 e. The third kappa shape index (κ3) is 3.75. The Bertz CT molecular complexity index is 639. The van der Waals surface area contributed by atoms with E-state index < -0.39 is 17.6 Å². The molecule has 0 aromatic heterocycles. The van der Waals surface area contributed by atoms with Crippen molar-refractivity contribution in [2.24, 2.45) is 0 Å². The average molecular weight is 295 g/mol. The molecule has 0 radical (unpaired) electrons. The van der Waals surface area contributed by atoms with E-state index in [2.05, 4.69) is 5.32 Å². The lowest BCUT2D eigenvalue weighted by molar-refractivity contribution is -0.137. The summed E-state index contributed by atoms with van der Waals surface area (Å²) in [5, 5.41) is 2.53. The summed E-state index contributed by atoms with van der Waals surface area (Å²) in [6.45, 7) is 0. The number of nitrogens with one attached hydrogen (secondary N) is 1. The normalized spacial score (nSPS) is 11.0. The summed E-state index contributed by atoms with van der Waals surface area (Å²) in [5.74, 6) is -0.659. The van der Waals surface area contributed by atoms with Gasteiger partial charge in [-0.3, -0.25) is 4.79 Å². The molecule has 2 rings (SSSR count). The Morgan fingerprint density at radius 3 is 2.33 bits per heavy atom. The summed E-state index contributed by atoms with van der Waals surface area (Å²) in [7, 11) is 1.24. The number of para-hydroxylation sites is 1. The first kappa shape index (κ1) is 14.9. The topological polar surface area (TPSA) is 38.3 Å². The van der Waals surface area contributed by atoms with Crippen LogP contribution in [0.15, 0.2) is 48.5 Å². The van der Waals surface area contributed by atoms with Gasteiger partial charge in [0.05, 0.1) is 12.7 Å². The molecule has 0 aliphatic heterocycles. The second kappa shape index (κ2) is 5.87. The highest BCUT2D eigenvalue weighted by atomic mass is 19.4. The summed E-state index contributed by atoms with van der Waals surface area (Å²) in [5.41, 5.74) is -0.551. The Morgan fingerprint density at radius 1 is 1.10 bits per heavy atom. The number of halogens is 3. The molecule has 0 heterocycles. The minimum atomic E-state index is -4.55. The lowest BCUT2D eigenvalue weighted by Gasteiger charge is -2.12. The van der Waals surface area contributed by atoms with Crippen LogP contribution < -0.4 is 10.1 Å². The third-order valence-electron chi connectivity index (χ3n) is 2.76. The number of alkyl halides is 3. The van der Waals surface area contributed by atoms with E-state index in [0.29, 0.717) is 5.69 Å². The predicted molar refractivity (Wildman–Crippen MR) is 72.4 cm³/mol. The van der Waals surface area contributed by atoms with Gasteiger partial charge in [-0.25, -0.2) is 0 Å². The van der Waals surface area contributed by atoms with Crippen LogP contribution >= 0.6 is 0 Å². The SMILES string of the molecule is COc1cc(C(=O)Nc2ccccc2)cc(C(F)(F)F)c1. The van der Waals surface area contributed by atoms with Crippen LogP contribution in [0, 0.1) is 0 Å². The lowest BCUT2D eigenvalue weighted by atomic mass is 10.1. The van der Waals surface area contributed by atoms with Gasteiger partial charge in [0.25, 0.3) is 5.91 Å². The molecule has 2 aromatic rings. The van der Waals surface area contributed by atoms with E-state index in [1.165, 1.54) is 13.2 Å². The van der Waals surface area contributed by atoms with Crippen LogP contribution in [0.25, 0.3) is 0 Å². The fraction of sp³-hybridized carbons (Fsp3) is 0.133. The van der Waals surface area contributed by atoms with Gasteiger partial charge in [0, 0.05) is 11.3 Å². The van der Waals surface area contributed by atoms with E-state index >= 15 is 0 Å². The van der Waals surface area contributed by atoms with E-state index in [4.69, 9.17) is 4.74 Å². The number of anilines is 1. The summed E-state index contributed by atoms with van der Waals surface area (Å²) >= 11 is 0. The van der Waals surface area contributed by atoms with Crippen molar-refractivity contribution in [2.75, 3.05) is 12.4 Å². The van der Waals surface area contributed by atoms with E-state index in [-0.39, 0.29) is 11.3 Å². The molecule has 0 aliphatic carbocycles. The Labute approximate surface area is 119 Å². The average Bonchev–Trinajstić information content (AvgIpc) is 2.46. The number of benzene rings is 2. The summed E-state index contributed by atoms with van der Waals surface area (Å²) in [6, 6.07) is 11.4. The first-order valence-electron chi connectivity index (χ1n) is 6.03. The van der Waals surface area contributed by atoms with Gasteiger partial charge in [0.1, 0.15) is 5.75 Å². The van der Waals surface area contributed by atoms with Crippen molar-refractivity contribution in [3.8, 4) is 5.75 Å². The Kier molecular flexibility index (Phi) is 4.16. The van der Waals surface area contributed by atoms with Gasteiger partial charge in [0.2, 0.25) is 0 Å². The maximum absolute atomic E-state index is 12.8. The van der Waals surface area contributed by atoms with Crippen LogP contribution in [-0.2, 0) is 6.18 Å². The number of hydrogen-bond acceptors (Lipinski definition) is 2. The Balaban J connectivity index is 2.32. The smallest absolute Gasteiger partial charge is 0.416 e. The number of amides is 1. The van der Waals surface area contributed by atoms with Crippen molar-refractivity contribution in [3.63, 3.8) is 0 Å². The summed E-state index contributed by atoms with van der Waals surface area (Å²) in [6.07, 6.45) is -4.55. The summed E-state index contributed by atoms with van der Waals surface area (Å²) < 4.78 is 43.2. The van der Waals surface area contributed by atoms with Crippen LogP contribution in [0.2, 0.25) is 0 Å². The van der Waals surface area contributed by atoms with Gasteiger partial charge < -0.3 is 10.1 Å². The first-order valence-corrected chi connectivity index (χ1v) is 6.03. The Morgan fingerprint density at radius 2 is 1.76 bits per heavy atom. The van der Waals surface area contributed by atoms with Gasteiger partial charge in [-0.15, -0.1) is 0 Å².